The third-order valence-electron chi connectivity index (χ3n) is 8.79. The minimum Gasteiger partial charge on any atom is -0.478 e. The number of nitrogens with zero attached hydrogens (tertiary/aromatic N) is 1. The molecule has 22 N–H and O–H groups in total. The van der Waals surface area contributed by atoms with Crippen LogP contribution in [-0.2, 0) is 57.4 Å². The van der Waals surface area contributed by atoms with Gasteiger partial charge < -0.3 is 91.5 Å². The standard InChI is InChI=1S/C34H57N13O15/c1-14(49)43-26-19(47-34(40)41)12-21(33(59)60)62-28(26)27(20(50)13-48)61-11-10-42-25(54)9-2-15(35)30(56)45-17(4-7-23(37)52)32(58)46-18(5-8-24(38)53)31(57)44-16(29(39)55)3-6-22(36)51/h12,15-20,26-28,48,50H,2-11,13,35H2,1H3,(H2,36,51)(H2,37,52)(H2,38,53)(H2,39,55)(H,42,54)(H,43,49)(H,44,57)(H,45,56)(H,46,58)(H,59,60)(H4,40,41,47)/t15-,16-,17-,18-,19-,20+,26+,27+,28+/m0/s1. The van der Waals surface area contributed by atoms with Crippen molar-refractivity contribution in [3.05, 3.63) is 11.8 Å². The van der Waals surface area contributed by atoms with Gasteiger partial charge in [-0.2, -0.15) is 0 Å². The lowest BCUT2D eigenvalue weighted by Gasteiger charge is -2.40. The molecule has 0 aromatic heterocycles. The first-order chi connectivity index (χ1) is 29.0. The van der Waals surface area contributed by atoms with Gasteiger partial charge >= 0.3 is 5.97 Å². The average molecular weight is 888 g/mol. The average Bonchev–Trinajstić information content (AvgIpc) is 3.17. The van der Waals surface area contributed by atoms with Gasteiger partial charge in [0.25, 0.3) is 0 Å². The molecule has 0 fully saturated rings. The highest BCUT2D eigenvalue weighted by atomic mass is 16.6. The molecule has 1 aliphatic rings. The summed E-state index contributed by atoms with van der Waals surface area (Å²) in [5.74, 6) is -10.5. The van der Waals surface area contributed by atoms with E-state index in [4.69, 9.17) is 49.6 Å². The Labute approximate surface area is 353 Å². The van der Waals surface area contributed by atoms with Crippen LogP contribution in [0.2, 0.25) is 0 Å². The largest absolute Gasteiger partial charge is 0.478 e. The van der Waals surface area contributed by atoms with Crippen molar-refractivity contribution in [3.63, 3.8) is 0 Å². The zero-order chi connectivity index (χ0) is 47.3. The molecule has 348 valence electrons. The Morgan fingerprint density at radius 1 is 0.774 bits per heavy atom. The predicted octanol–water partition coefficient (Wildman–Crippen LogP) is -8.80. The number of aliphatic imine (C=N–C) groups is 1. The summed E-state index contributed by atoms with van der Waals surface area (Å²) in [6.07, 6.45) is -6.63. The fourth-order valence-corrected chi connectivity index (χ4v) is 5.72. The number of nitrogens with one attached hydrogen (secondary N) is 5. The molecule has 9 atom stereocenters. The van der Waals surface area contributed by atoms with Crippen LogP contribution in [0.5, 0.6) is 0 Å². The second-order valence-electron chi connectivity index (χ2n) is 13.9. The van der Waals surface area contributed by atoms with Gasteiger partial charge in [-0.1, -0.05) is 0 Å². The number of carboxylic acid groups (broad SMARTS) is 1. The number of primary amides is 4. The number of hydrogen-bond donors (Lipinski definition) is 15. The number of guanidine groups is 1. The van der Waals surface area contributed by atoms with Gasteiger partial charge in [0.15, 0.2) is 12.1 Å². The monoisotopic (exact) mass is 887 g/mol. The summed E-state index contributed by atoms with van der Waals surface area (Å²) in [7, 11) is 0. The number of nitrogens with two attached hydrogens (primary N) is 7. The van der Waals surface area contributed by atoms with Crippen molar-refractivity contribution in [1.82, 2.24) is 26.6 Å². The van der Waals surface area contributed by atoms with E-state index >= 15 is 0 Å². The van der Waals surface area contributed by atoms with Crippen molar-refractivity contribution in [2.75, 3.05) is 19.8 Å². The van der Waals surface area contributed by atoms with E-state index in [1.807, 2.05) is 0 Å². The van der Waals surface area contributed by atoms with Crippen molar-refractivity contribution >= 4 is 65.1 Å². The van der Waals surface area contributed by atoms with Crippen LogP contribution in [0.25, 0.3) is 0 Å². The number of carboxylic acids is 1. The van der Waals surface area contributed by atoms with E-state index in [9.17, 15) is 63.3 Å². The Kier molecular flexibility index (Phi) is 22.8. The van der Waals surface area contributed by atoms with Gasteiger partial charge in [0, 0.05) is 39.2 Å². The molecule has 0 aliphatic carbocycles. The zero-order valence-electron chi connectivity index (χ0n) is 33.8. The molecule has 62 heavy (non-hydrogen) atoms. The normalized spacial score (nSPS) is 18.6. The maximum atomic E-state index is 13.4. The van der Waals surface area contributed by atoms with Gasteiger partial charge in [0.2, 0.25) is 58.9 Å². The highest BCUT2D eigenvalue weighted by Crippen LogP contribution is 2.26. The first-order valence-corrected chi connectivity index (χ1v) is 18.9. The SMILES string of the molecule is CC(=O)N[C@H]1[C@H]([C@H](OCCNC(=O)CC[C@H](N)C(=O)N[C@@H](CCC(N)=O)C(=O)N[C@@H](CCC(N)=O)C(=O)N[C@@H](CCC(N)=O)C(N)=O)[C@H](O)CO)OC(C(=O)O)=C[C@@H]1N=C(N)N. The van der Waals surface area contributed by atoms with Gasteiger partial charge in [-0.3, -0.25) is 43.2 Å². The van der Waals surface area contributed by atoms with Crippen LogP contribution < -0.4 is 66.7 Å². The Bertz CT molecular complexity index is 1710. The molecular weight excluding hydrogens is 830 g/mol. The highest BCUT2D eigenvalue weighted by Gasteiger charge is 2.45. The number of aliphatic hydroxyl groups excluding tert-OH is 2. The molecular formula is C34H57N13O15. The molecule has 9 amide bonds. The Morgan fingerprint density at radius 3 is 1.73 bits per heavy atom. The summed E-state index contributed by atoms with van der Waals surface area (Å²) in [6.45, 7) is -0.398. The number of ether oxygens (including phenoxy) is 2. The fourth-order valence-electron chi connectivity index (χ4n) is 5.72. The molecule has 0 aromatic rings. The molecule has 1 heterocycles. The lowest BCUT2D eigenvalue weighted by Crippen LogP contribution is -2.60. The molecule has 1 rings (SSSR count). The van der Waals surface area contributed by atoms with Crippen LogP contribution in [0.1, 0.15) is 58.3 Å². The fraction of sp³-hybridized carbons (Fsp3) is 0.618. The third-order valence-corrected chi connectivity index (χ3v) is 8.79. The smallest absolute Gasteiger partial charge is 0.370 e. The van der Waals surface area contributed by atoms with Crippen molar-refractivity contribution in [2.24, 2.45) is 45.1 Å². The van der Waals surface area contributed by atoms with Crippen molar-refractivity contribution in [3.8, 4) is 0 Å². The second-order valence-corrected chi connectivity index (χ2v) is 13.9. The first-order valence-electron chi connectivity index (χ1n) is 18.9. The Balaban J connectivity index is 2.99. The van der Waals surface area contributed by atoms with Crippen LogP contribution in [0.4, 0.5) is 0 Å². The number of aliphatic hydroxyl groups is 2. The molecule has 0 radical (unpaired) electrons. The summed E-state index contributed by atoms with van der Waals surface area (Å²) >= 11 is 0. The minimum absolute atomic E-state index is 0.253. The van der Waals surface area contributed by atoms with Gasteiger partial charge in [-0.25, -0.2) is 9.79 Å². The number of rotatable bonds is 29. The van der Waals surface area contributed by atoms with Crippen LogP contribution in [-0.4, -0.2) is 155 Å². The van der Waals surface area contributed by atoms with E-state index in [2.05, 4.69) is 31.6 Å². The first kappa shape index (κ1) is 53.4. The summed E-state index contributed by atoms with van der Waals surface area (Å²) in [4.78, 5) is 126. The molecule has 0 saturated heterocycles. The van der Waals surface area contributed by atoms with Crippen LogP contribution >= 0.6 is 0 Å². The van der Waals surface area contributed by atoms with Crippen molar-refractivity contribution in [2.45, 2.75) is 113 Å². The van der Waals surface area contributed by atoms with Crippen molar-refractivity contribution < 1.29 is 72.7 Å². The van der Waals surface area contributed by atoms with E-state index in [0.29, 0.717) is 0 Å². The minimum atomic E-state index is -1.71. The van der Waals surface area contributed by atoms with E-state index in [1.165, 1.54) is 0 Å². The molecule has 1 aliphatic heterocycles. The molecule has 28 nitrogen and oxygen atoms in total. The van der Waals surface area contributed by atoms with E-state index in [-0.39, 0.29) is 51.7 Å². The summed E-state index contributed by atoms with van der Waals surface area (Å²) in [6, 6.07) is -8.33. The third kappa shape index (κ3) is 19.6. The molecule has 0 unspecified atom stereocenters. The predicted molar refractivity (Wildman–Crippen MR) is 211 cm³/mol. The Morgan fingerprint density at radius 2 is 1.27 bits per heavy atom. The summed E-state index contributed by atoms with van der Waals surface area (Å²) in [5, 5.41) is 41.8. The lowest BCUT2D eigenvalue weighted by atomic mass is 9.92. The lowest BCUT2D eigenvalue weighted by molar-refractivity contribution is -0.153. The molecule has 0 saturated carbocycles. The quantitative estimate of drug-likeness (QED) is 0.0188. The van der Waals surface area contributed by atoms with Gasteiger partial charge in [0.1, 0.15) is 30.3 Å². The Hall–Kier alpha value is -6.65. The van der Waals surface area contributed by atoms with Crippen LogP contribution in [0.15, 0.2) is 16.8 Å². The summed E-state index contributed by atoms with van der Waals surface area (Å²) in [5.41, 5.74) is 37.8. The molecule has 0 spiro atoms. The molecule has 28 heteroatoms. The van der Waals surface area contributed by atoms with Crippen LogP contribution in [0.3, 0.4) is 0 Å². The van der Waals surface area contributed by atoms with Crippen molar-refractivity contribution in [1.29, 1.82) is 0 Å². The second kappa shape index (κ2) is 26.5. The number of aliphatic carboxylic acids is 1. The number of hydrogen-bond acceptors (Lipinski definition) is 16. The number of carbonyl (C=O) groups is 10. The van der Waals surface area contributed by atoms with Gasteiger partial charge in [0.05, 0.1) is 31.3 Å². The van der Waals surface area contributed by atoms with E-state index in [1.54, 1.807) is 0 Å². The highest BCUT2D eigenvalue weighted by molar-refractivity contribution is 5.95. The number of amides is 9. The van der Waals surface area contributed by atoms with Gasteiger partial charge in [-0.15, -0.1) is 0 Å². The van der Waals surface area contributed by atoms with E-state index in [0.717, 1.165) is 13.0 Å². The summed E-state index contributed by atoms with van der Waals surface area (Å²) < 4.78 is 11.2. The topological polar surface area (TPSA) is 504 Å². The number of carbonyl (C=O) groups excluding carboxylic acids is 9. The van der Waals surface area contributed by atoms with E-state index < -0.39 is 145 Å². The molecule has 0 bridgehead atoms. The van der Waals surface area contributed by atoms with Crippen LogP contribution in [0, 0.1) is 0 Å². The zero-order valence-corrected chi connectivity index (χ0v) is 33.8. The molecule has 0 aromatic carbocycles. The van der Waals surface area contributed by atoms with Gasteiger partial charge in [-0.05, 0) is 31.8 Å². The maximum Gasteiger partial charge on any atom is 0.370 e. The maximum absolute atomic E-state index is 13.4.